The number of hydrogen-bond donors (Lipinski definition) is 0. The molecule has 0 amide bonds. The molecule has 0 saturated carbocycles. The van der Waals surface area contributed by atoms with Crippen LogP contribution in [0.15, 0.2) is 54.6 Å². The monoisotopic (exact) mass is 426 g/mol. The number of ether oxygens (including phenoxy) is 1. The minimum atomic E-state index is -0.805. The van der Waals surface area contributed by atoms with Crippen molar-refractivity contribution in [2.45, 2.75) is 59.0 Å². The molecule has 164 valence electrons. The van der Waals surface area contributed by atoms with Gasteiger partial charge in [0.1, 0.15) is 18.2 Å². The van der Waals surface area contributed by atoms with Crippen molar-refractivity contribution in [1.29, 1.82) is 0 Å². The number of hydrogen-bond acceptors (Lipinski definition) is 1. The molecular formula is C27H29F3O. The van der Waals surface area contributed by atoms with Gasteiger partial charge in [-0.3, -0.25) is 0 Å². The fourth-order valence-corrected chi connectivity index (χ4v) is 3.61. The maximum Gasteiger partial charge on any atom is 0.166 e. The highest BCUT2D eigenvalue weighted by Gasteiger charge is 2.14. The van der Waals surface area contributed by atoms with Gasteiger partial charge in [0.2, 0.25) is 0 Å². The molecule has 0 radical (unpaired) electrons. The third-order valence-electron chi connectivity index (χ3n) is 5.43. The zero-order valence-electron chi connectivity index (χ0n) is 18.2. The molecular weight excluding hydrogens is 397 g/mol. The summed E-state index contributed by atoms with van der Waals surface area (Å²) in [5.74, 6) is -1.35. The van der Waals surface area contributed by atoms with Gasteiger partial charge in [0.05, 0.1) is 0 Å². The predicted octanol–water partition coefficient (Wildman–Crippen LogP) is 8.04. The van der Waals surface area contributed by atoms with Gasteiger partial charge in [0.25, 0.3) is 0 Å². The Morgan fingerprint density at radius 3 is 2.13 bits per heavy atom. The second-order valence-electron chi connectivity index (χ2n) is 7.85. The summed E-state index contributed by atoms with van der Waals surface area (Å²) in [5, 5.41) is 0. The van der Waals surface area contributed by atoms with Crippen molar-refractivity contribution in [2.24, 2.45) is 0 Å². The minimum absolute atomic E-state index is 0.248. The lowest BCUT2D eigenvalue weighted by molar-refractivity contribution is 0.304. The molecule has 0 atom stereocenters. The van der Waals surface area contributed by atoms with E-state index in [-0.39, 0.29) is 18.0 Å². The van der Waals surface area contributed by atoms with Gasteiger partial charge < -0.3 is 4.74 Å². The van der Waals surface area contributed by atoms with E-state index in [1.807, 2.05) is 19.1 Å². The molecule has 1 nitrogen and oxygen atoms in total. The molecule has 0 fully saturated rings. The van der Waals surface area contributed by atoms with Crippen LogP contribution in [0.4, 0.5) is 13.2 Å². The first-order chi connectivity index (χ1) is 15.0. The van der Waals surface area contributed by atoms with E-state index in [1.54, 1.807) is 36.4 Å². The first-order valence-electron chi connectivity index (χ1n) is 11.0. The van der Waals surface area contributed by atoms with Crippen LogP contribution in [0.2, 0.25) is 0 Å². The molecule has 31 heavy (non-hydrogen) atoms. The first kappa shape index (κ1) is 22.9. The van der Waals surface area contributed by atoms with Crippen LogP contribution in [0.3, 0.4) is 0 Å². The van der Waals surface area contributed by atoms with E-state index in [1.165, 1.54) is 6.07 Å². The Labute approximate surface area is 182 Å². The van der Waals surface area contributed by atoms with Gasteiger partial charge in [0, 0.05) is 11.6 Å². The van der Waals surface area contributed by atoms with E-state index in [0.29, 0.717) is 35.3 Å². The normalized spacial score (nSPS) is 11.0. The topological polar surface area (TPSA) is 9.23 Å². The highest BCUT2D eigenvalue weighted by atomic mass is 19.2. The fourth-order valence-electron chi connectivity index (χ4n) is 3.61. The van der Waals surface area contributed by atoms with E-state index in [4.69, 9.17) is 4.74 Å². The van der Waals surface area contributed by atoms with Crippen molar-refractivity contribution in [3.63, 3.8) is 0 Å². The van der Waals surface area contributed by atoms with Gasteiger partial charge in [-0.15, -0.1) is 0 Å². The Hall–Kier alpha value is -2.75. The van der Waals surface area contributed by atoms with Crippen LogP contribution in [-0.4, -0.2) is 0 Å². The van der Waals surface area contributed by atoms with E-state index in [2.05, 4.69) is 6.92 Å². The average molecular weight is 427 g/mol. The summed E-state index contributed by atoms with van der Waals surface area (Å²) in [5.41, 5.74) is 2.83. The maximum atomic E-state index is 14.6. The number of benzene rings is 3. The summed E-state index contributed by atoms with van der Waals surface area (Å²) in [6.07, 6.45) is 5.03. The number of halogens is 3. The van der Waals surface area contributed by atoms with Crippen molar-refractivity contribution < 1.29 is 17.9 Å². The Kier molecular flexibility index (Phi) is 8.16. The Morgan fingerprint density at radius 1 is 0.710 bits per heavy atom. The lowest BCUT2D eigenvalue weighted by atomic mass is 9.99. The number of unbranched alkanes of at least 4 members (excludes halogenated alkanes) is 2. The smallest absolute Gasteiger partial charge is 0.166 e. The summed E-state index contributed by atoms with van der Waals surface area (Å²) < 4.78 is 48.8. The van der Waals surface area contributed by atoms with Crippen molar-refractivity contribution in [2.75, 3.05) is 0 Å². The molecule has 0 aliphatic carbocycles. The molecule has 0 aromatic heterocycles. The first-order valence-corrected chi connectivity index (χ1v) is 11.0. The largest absolute Gasteiger partial charge is 0.489 e. The van der Waals surface area contributed by atoms with Crippen LogP contribution < -0.4 is 4.74 Å². The van der Waals surface area contributed by atoms with Gasteiger partial charge in [-0.1, -0.05) is 75.6 Å². The molecule has 0 bridgehead atoms. The summed E-state index contributed by atoms with van der Waals surface area (Å²) in [6.45, 7) is 4.35. The SMILES string of the molecule is CCCCCc1ccc(-c2ccc(COc3ccc(CCC)c(F)c3)cc2)c(F)c1F. The highest BCUT2D eigenvalue weighted by molar-refractivity contribution is 5.65. The van der Waals surface area contributed by atoms with Crippen LogP contribution in [-0.2, 0) is 19.4 Å². The molecule has 0 spiro atoms. The molecule has 0 aliphatic heterocycles. The molecule has 0 unspecified atom stereocenters. The van der Waals surface area contributed by atoms with Crippen molar-refractivity contribution in [3.8, 4) is 16.9 Å². The van der Waals surface area contributed by atoms with Crippen LogP contribution in [0.1, 0.15) is 56.2 Å². The van der Waals surface area contributed by atoms with Crippen molar-refractivity contribution in [3.05, 3.63) is 88.7 Å². The standard InChI is InChI=1S/C27H29F3O/c1-3-5-6-8-22-14-16-24(27(30)26(22)29)20-11-9-19(10-12-20)18-31-23-15-13-21(7-4-2)25(28)17-23/h9-17H,3-8,18H2,1-2H3. The molecule has 0 aliphatic rings. The van der Waals surface area contributed by atoms with Gasteiger partial charge in [-0.05, 0) is 47.6 Å². The third-order valence-corrected chi connectivity index (χ3v) is 5.43. The summed E-state index contributed by atoms with van der Waals surface area (Å²) >= 11 is 0. The number of rotatable bonds is 10. The lowest BCUT2D eigenvalue weighted by Gasteiger charge is -2.11. The summed E-state index contributed by atoms with van der Waals surface area (Å²) in [4.78, 5) is 0. The number of aryl methyl sites for hydroxylation is 2. The second kappa shape index (κ2) is 11.0. The molecule has 4 heteroatoms. The molecule has 0 heterocycles. The Morgan fingerprint density at radius 2 is 1.45 bits per heavy atom. The molecule has 3 aromatic carbocycles. The van der Waals surface area contributed by atoms with Crippen LogP contribution >= 0.6 is 0 Å². The predicted molar refractivity (Wildman–Crippen MR) is 120 cm³/mol. The fraction of sp³-hybridized carbons (Fsp3) is 0.333. The van der Waals surface area contributed by atoms with Crippen LogP contribution in [0.5, 0.6) is 5.75 Å². The van der Waals surface area contributed by atoms with E-state index < -0.39 is 11.6 Å². The summed E-state index contributed by atoms with van der Waals surface area (Å²) in [6, 6.07) is 15.4. The third kappa shape index (κ3) is 5.90. The van der Waals surface area contributed by atoms with Gasteiger partial charge in [0.15, 0.2) is 11.6 Å². The molecule has 3 aromatic rings. The maximum absolute atomic E-state index is 14.6. The lowest BCUT2D eigenvalue weighted by Crippen LogP contribution is -1.99. The quantitative estimate of drug-likeness (QED) is 0.298. The van der Waals surface area contributed by atoms with Gasteiger partial charge in [-0.2, -0.15) is 0 Å². The van der Waals surface area contributed by atoms with E-state index in [0.717, 1.165) is 31.2 Å². The second-order valence-corrected chi connectivity index (χ2v) is 7.85. The van der Waals surface area contributed by atoms with Crippen LogP contribution in [0.25, 0.3) is 11.1 Å². The van der Waals surface area contributed by atoms with Crippen molar-refractivity contribution in [1.82, 2.24) is 0 Å². The van der Waals surface area contributed by atoms with Gasteiger partial charge in [-0.25, -0.2) is 13.2 Å². The summed E-state index contributed by atoms with van der Waals surface area (Å²) in [7, 11) is 0. The minimum Gasteiger partial charge on any atom is -0.489 e. The van der Waals surface area contributed by atoms with E-state index in [9.17, 15) is 13.2 Å². The van der Waals surface area contributed by atoms with E-state index >= 15 is 0 Å². The zero-order valence-corrected chi connectivity index (χ0v) is 18.2. The highest BCUT2D eigenvalue weighted by Crippen LogP contribution is 2.28. The molecule has 3 rings (SSSR count). The van der Waals surface area contributed by atoms with Crippen molar-refractivity contribution >= 4 is 0 Å². The Bertz CT molecular complexity index is 996. The average Bonchev–Trinajstić information content (AvgIpc) is 2.78. The van der Waals surface area contributed by atoms with Gasteiger partial charge >= 0.3 is 0 Å². The molecule has 0 N–H and O–H groups in total. The van der Waals surface area contributed by atoms with Crippen LogP contribution in [0, 0.1) is 17.5 Å². The molecule has 0 saturated heterocycles. The zero-order chi connectivity index (χ0) is 22.2. The Balaban J connectivity index is 1.66.